The van der Waals surface area contributed by atoms with Gasteiger partial charge in [0.15, 0.2) is 0 Å². The molecule has 1 fully saturated rings. The molecule has 1 N–H and O–H groups in total. The van der Waals surface area contributed by atoms with Crippen molar-refractivity contribution in [2.45, 2.75) is 32.3 Å². The van der Waals surface area contributed by atoms with Crippen LogP contribution in [0.5, 0.6) is 0 Å². The monoisotopic (exact) mass is 263 g/mol. The number of aliphatic hydroxyl groups is 1. The molecule has 0 saturated carbocycles. The average Bonchev–Trinajstić information content (AvgIpc) is 2.46. The normalized spacial score (nSPS) is 19.8. The van der Waals surface area contributed by atoms with E-state index < -0.39 is 6.10 Å². The highest BCUT2D eigenvalue weighted by molar-refractivity contribution is 5.97. The Kier molecular flexibility index (Phi) is 4.93. The number of morpholine rings is 1. The van der Waals surface area contributed by atoms with E-state index in [-0.39, 0.29) is 12.5 Å². The molecule has 4 nitrogen and oxygen atoms in total. The molecule has 2 rings (SSSR count). The number of anilines is 1. The van der Waals surface area contributed by atoms with Gasteiger partial charge in [-0.3, -0.25) is 4.79 Å². The molecule has 104 valence electrons. The Labute approximate surface area is 114 Å². The minimum absolute atomic E-state index is 0.00366. The van der Waals surface area contributed by atoms with Gasteiger partial charge in [0.2, 0.25) is 0 Å². The number of aryl methyl sites for hydroxylation is 1. The Morgan fingerprint density at radius 2 is 2.11 bits per heavy atom. The van der Waals surface area contributed by atoms with Crippen molar-refractivity contribution in [3.63, 3.8) is 0 Å². The summed E-state index contributed by atoms with van der Waals surface area (Å²) >= 11 is 0. The molecule has 1 aromatic rings. The summed E-state index contributed by atoms with van der Waals surface area (Å²) in [6.07, 6.45) is 1.76. The van der Waals surface area contributed by atoms with Gasteiger partial charge in [0.25, 0.3) is 5.91 Å². The van der Waals surface area contributed by atoms with Crippen LogP contribution in [0, 0.1) is 0 Å². The predicted molar refractivity (Wildman–Crippen MR) is 74.2 cm³/mol. The molecule has 0 radical (unpaired) electrons. The van der Waals surface area contributed by atoms with Crippen molar-refractivity contribution in [2.75, 3.05) is 24.7 Å². The van der Waals surface area contributed by atoms with E-state index in [9.17, 15) is 4.79 Å². The van der Waals surface area contributed by atoms with Gasteiger partial charge in [0.1, 0.15) is 6.10 Å². The van der Waals surface area contributed by atoms with Crippen molar-refractivity contribution < 1.29 is 14.6 Å². The zero-order valence-electron chi connectivity index (χ0n) is 11.3. The van der Waals surface area contributed by atoms with Crippen LogP contribution in [0.3, 0.4) is 0 Å². The van der Waals surface area contributed by atoms with Gasteiger partial charge in [-0.2, -0.15) is 0 Å². The summed E-state index contributed by atoms with van der Waals surface area (Å²) in [5.74, 6) is 0.00366. The number of hydrogen-bond acceptors (Lipinski definition) is 3. The number of amides is 1. The third-order valence-electron chi connectivity index (χ3n) is 3.46. The molecule has 1 aromatic carbocycles. The van der Waals surface area contributed by atoms with E-state index in [4.69, 9.17) is 9.84 Å². The summed E-state index contributed by atoms with van der Waals surface area (Å²) in [6.45, 7) is 3.36. The highest BCUT2D eigenvalue weighted by atomic mass is 16.5. The molecule has 0 bridgehead atoms. The molecule has 19 heavy (non-hydrogen) atoms. The third kappa shape index (κ3) is 3.33. The first-order valence-electron chi connectivity index (χ1n) is 6.89. The maximum absolute atomic E-state index is 12.3. The lowest BCUT2D eigenvalue weighted by atomic mass is 10.1. The Hall–Kier alpha value is -1.39. The molecular formula is C15H21NO3. The minimum atomic E-state index is -0.410. The van der Waals surface area contributed by atoms with Crippen molar-refractivity contribution in [1.29, 1.82) is 0 Å². The molecule has 1 heterocycles. The first-order valence-corrected chi connectivity index (χ1v) is 6.89. The summed E-state index contributed by atoms with van der Waals surface area (Å²) in [5, 5.41) is 8.84. The number of aliphatic hydroxyl groups excluding tert-OH is 1. The molecule has 1 unspecified atom stereocenters. The van der Waals surface area contributed by atoms with Gasteiger partial charge in [-0.25, -0.2) is 0 Å². The highest BCUT2D eigenvalue weighted by Crippen LogP contribution is 2.21. The molecule has 1 atom stereocenters. The van der Waals surface area contributed by atoms with E-state index in [1.54, 1.807) is 4.90 Å². The first kappa shape index (κ1) is 14.0. The minimum Gasteiger partial charge on any atom is -0.396 e. The van der Waals surface area contributed by atoms with E-state index >= 15 is 0 Å². The standard InChI is InChI=1S/C15H21NO3/c1-2-12-5-7-13(8-6-12)16-9-11-19-14(15(16)18)4-3-10-17/h5-8,14,17H,2-4,9-11H2,1H3. The van der Waals surface area contributed by atoms with Gasteiger partial charge >= 0.3 is 0 Å². The van der Waals surface area contributed by atoms with Gasteiger partial charge < -0.3 is 14.7 Å². The van der Waals surface area contributed by atoms with E-state index in [0.29, 0.717) is 26.0 Å². The highest BCUT2D eigenvalue weighted by Gasteiger charge is 2.29. The Morgan fingerprint density at radius 1 is 1.37 bits per heavy atom. The van der Waals surface area contributed by atoms with Crippen molar-refractivity contribution in [3.8, 4) is 0 Å². The van der Waals surface area contributed by atoms with Crippen LogP contribution in [0.2, 0.25) is 0 Å². The summed E-state index contributed by atoms with van der Waals surface area (Å²) in [5.41, 5.74) is 2.20. The van der Waals surface area contributed by atoms with Crippen LogP contribution in [0.25, 0.3) is 0 Å². The smallest absolute Gasteiger partial charge is 0.256 e. The molecule has 1 amide bonds. The van der Waals surface area contributed by atoms with E-state index in [0.717, 1.165) is 12.1 Å². The van der Waals surface area contributed by atoms with Gasteiger partial charge in [0, 0.05) is 18.8 Å². The number of nitrogens with zero attached hydrogens (tertiary/aromatic N) is 1. The number of carbonyl (C=O) groups excluding carboxylic acids is 1. The molecule has 1 saturated heterocycles. The van der Waals surface area contributed by atoms with Gasteiger partial charge in [-0.1, -0.05) is 19.1 Å². The Balaban J connectivity index is 2.07. The summed E-state index contributed by atoms with van der Waals surface area (Å²) in [7, 11) is 0. The molecular weight excluding hydrogens is 242 g/mol. The van der Waals surface area contributed by atoms with Gasteiger partial charge in [0.05, 0.1) is 6.61 Å². The zero-order chi connectivity index (χ0) is 13.7. The SMILES string of the molecule is CCc1ccc(N2CCOC(CCCO)C2=O)cc1. The van der Waals surface area contributed by atoms with Crippen molar-refractivity contribution in [1.82, 2.24) is 0 Å². The largest absolute Gasteiger partial charge is 0.396 e. The van der Waals surface area contributed by atoms with E-state index in [1.165, 1.54) is 5.56 Å². The van der Waals surface area contributed by atoms with E-state index in [2.05, 4.69) is 19.1 Å². The first-order chi connectivity index (χ1) is 9.26. The fraction of sp³-hybridized carbons (Fsp3) is 0.533. The van der Waals surface area contributed by atoms with Crippen LogP contribution >= 0.6 is 0 Å². The lowest BCUT2D eigenvalue weighted by Gasteiger charge is -2.32. The third-order valence-corrected chi connectivity index (χ3v) is 3.46. The van der Waals surface area contributed by atoms with Crippen molar-refractivity contribution >= 4 is 11.6 Å². The molecule has 1 aliphatic rings. The summed E-state index contributed by atoms with van der Waals surface area (Å²) in [6, 6.07) is 8.10. The lowest BCUT2D eigenvalue weighted by Crippen LogP contribution is -2.48. The second-order valence-electron chi connectivity index (χ2n) is 4.74. The number of carbonyl (C=O) groups is 1. The number of rotatable bonds is 5. The maximum Gasteiger partial charge on any atom is 0.256 e. The van der Waals surface area contributed by atoms with Crippen LogP contribution in [0.4, 0.5) is 5.69 Å². The quantitative estimate of drug-likeness (QED) is 0.880. The molecule has 0 spiro atoms. The maximum atomic E-state index is 12.3. The topological polar surface area (TPSA) is 49.8 Å². The van der Waals surface area contributed by atoms with Crippen LogP contribution in [-0.4, -0.2) is 36.9 Å². The Bertz CT molecular complexity index is 416. The van der Waals surface area contributed by atoms with Gasteiger partial charge in [-0.15, -0.1) is 0 Å². The second-order valence-corrected chi connectivity index (χ2v) is 4.74. The van der Waals surface area contributed by atoms with Crippen LogP contribution in [0.15, 0.2) is 24.3 Å². The average molecular weight is 263 g/mol. The summed E-state index contributed by atoms with van der Waals surface area (Å²) < 4.78 is 5.49. The fourth-order valence-corrected chi connectivity index (χ4v) is 2.29. The predicted octanol–water partition coefficient (Wildman–Crippen LogP) is 1.75. The number of benzene rings is 1. The van der Waals surface area contributed by atoms with Crippen molar-refractivity contribution in [2.24, 2.45) is 0 Å². The van der Waals surface area contributed by atoms with Crippen LogP contribution in [-0.2, 0) is 16.0 Å². The second kappa shape index (κ2) is 6.68. The fourth-order valence-electron chi connectivity index (χ4n) is 2.29. The molecule has 0 aromatic heterocycles. The van der Waals surface area contributed by atoms with E-state index in [1.807, 2.05) is 12.1 Å². The van der Waals surface area contributed by atoms with Crippen molar-refractivity contribution in [3.05, 3.63) is 29.8 Å². The zero-order valence-corrected chi connectivity index (χ0v) is 11.3. The summed E-state index contributed by atoms with van der Waals surface area (Å²) in [4.78, 5) is 14.1. The van der Waals surface area contributed by atoms with Crippen LogP contribution < -0.4 is 4.90 Å². The van der Waals surface area contributed by atoms with Gasteiger partial charge in [-0.05, 0) is 37.0 Å². The Morgan fingerprint density at radius 3 is 2.74 bits per heavy atom. The number of hydrogen-bond donors (Lipinski definition) is 1. The molecule has 4 heteroatoms. The number of ether oxygens (including phenoxy) is 1. The van der Waals surface area contributed by atoms with Crippen LogP contribution in [0.1, 0.15) is 25.3 Å². The molecule has 0 aliphatic carbocycles. The molecule has 1 aliphatic heterocycles. The lowest BCUT2D eigenvalue weighted by molar-refractivity contribution is -0.134.